The number of hydrogen-bond donors (Lipinski definition) is 0. The lowest BCUT2D eigenvalue weighted by atomic mass is 10.0. The SMILES string of the molecule is CN1CCC[C@H]1COc1nc2c(c(N3CCN(C(=O)OC(C)(C)C)[C@@H](CC#N)C3)n1)CCN(Cc1ccccc1)C2. The molecule has 2 atom stereocenters. The molecule has 0 radical (unpaired) electrons. The van der Waals surface area contributed by atoms with Crippen LogP contribution in [0.25, 0.3) is 0 Å². The van der Waals surface area contributed by atoms with Crippen molar-refractivity contribution in [1.29, 1.82) is 5.26 Å². The molecule has 41 heavy (non-hydrogen) atoms. The number of likely N-dealkylation sites (tertiary alicyclic amines) is 1. The summed E-state index contributed by atoms with van der Waals surface area (Å²) in [5, 5.41) is 9.59. The molecule has 0 spiro atoms. The first-order chi connectivity index (χ1) is 19.7. The highest BCUT2D eigenvalue weighted by Crippen LogP contribution is 2.31. The number of amides is 1. The third kappa shape index (κ3) is 7.27. The molecule has 1 amide bonds. The van der Waals surface area contributed by atoms with Crippen molar-refractivity contribution in [2.24, 2.45) is 0 Å². The normalized spacial score (nSPS) is 21.8. The summed E-state index contributed by atoms with van der Waals surface area (Å²) in [5.74, 6) is 0.871. The van der Waals surface area contributed by atoms with Gasteiger partial charge in [0.2, 0.25) is 0 Å². The number of ether oxygens (including phenoxy) is 2. The van der Waals surface area contributed by atoms with Crippen LogP contribution in [0.5, 0.6) is 6.01 Å². The Labute approximate surface area is 243 Å². The van der Waals surface area contributed by atoms with Gasteiger partial charge < -0.3 is 24.2 Å². The predicted octanol–water partition coefficient (Wildman–Crippen LogP) is 3.85. The number of anilines is 1. The van der Waals surface area contributed by atoms with E-state index in [1.54, 1.807) is 4.90 Å². The van der Waals surface area contributed by atoms with Gasteiger partial charge in [0.05, 0.1) is 24.2 Å². The maximum atomic E-state index is 13.0. The molecule has 1 aromatic carbocycles. The zero-order chi connectivity index (χ0) is 29.0. The lowest BCUT2D eigenvalue weighted by Gasteiger charge is -2.42. The smallest absolute Gasteiger partial charge is 0.410 e. The van der Waals surface area contributed by atoms with Crippen molar-refractivity contribution in [1.82, 2.24) is 24.7 Å². The molecule has 10 heteroatoms. The van der Waals surface area contributed by atoms with E-state index in [1.165, 1.54) is 12.0 Å². The van der Waals surface area contributed by atoms with E-state index in [2.05, 4.69) is 52.1 Å². The number of likely N-dealkylation sites (N-methyl/N-ethyl adjacent to an activating group) is 1. The molecule has 0 aliphatic carbocycles. The summed E-state index contributed by atoms with van der Waals surface area (Å²) in [7, 11) is 2.14. The lowest BCUT2D eigenvalue weighted by molar-refractivity contribution is 0.0144. The minimum Gasteiger partial charge on any atom is -0.462 e. The fourth-order valence-electron chi connectivity index (χ4n) is 5.99. The number of carbonyl (C=O) groups is 1. The van der Waals surface area contributed by atoms with Crippen LogP contribution in [0.4, 0.5) is 10.6 Å². The molecule has 1 aromatic heterocycles. The topological polar surface area (TPSA) is 98.1 Å². The molecule has 0 saturated carbocycles. The van der Waals surface area contributed by atoms with Crippen LogP contribution >= 0.6 is 0 Å². The Hall–Kier alpha value is -3.42. The molecular formula is C31H43N7O3. The standard InChI is InChI=1S/C31H43N7O3/c1-31(2,3)41-30(39)38-18-17-37(20-24(38)12-14-32)28-26-13-16-36(19-23-9-6-5-7-10-23)21-27(26)33-29(34-28)40-22-25-11-8-15-35(25)4/h5-7,9-10,24-25H,8,11-13,15-22H2,1-4H3/t24-,25-/m0/s1. The number of benzene rings is 1. The lowest BCUT2D eigenvalue weighted by Crippen LogP contribution is -2.56. The highest BCUT2D eigenvalue weighted by Gasteiger charge is 2.36. The fraction of sp³-hybridized carbons (Fsp3) is 0.613. The van der Waals surface area contributed by atoms with Crippen LogP contribution in [0.3, 0.4) is 0 Å². The Balaban J connectivity index is 1.39. The molecule has 0 unspecified atom stereocenters. The highest BCUT2D eigenvalue weighted by molar-refractivity contribution is 5.69. The second kappa shape index (κ2) is 12.6. The van der Waals surface area contributed by atoms with Gasteiger partial charge in [-0.1, -0.05) is 30.3 Å². The van der Waals surface area contributed by atoms with E-state index in [-0.39, 0.29) is 18.6 Å². The maximum Gasteiger partial charge on any atom is 0.410 e. The average Bonchev–Trinajstić information content (AvgIpc) is 3.35. The molecule has 2 fully saturated rings. The first-order valence-corrected chi connectivity index (χ1v) is 14.8. The molecule has 3 aliphatic rings. The first-order valence-electron chi connectivity index (χ1n) is 14.8. The Morgan fingerprint density at radius 3 is 2.61 bits per heavy atom. The number of fused-ring (bicyclic) bond motifs is 1. The van der Waals surface area contributed by atoms with Gasteiger partial charge >= 0.3 is 12.1 Å². The molecule has 0 N–H and O–H groups in total. The van der Waals surface area contributed by atoms with E-state index in [9.17, 15) is 10.1 Å². The first kappa shape index (κ1) is 29.1. The maximum absolute atomic E-state index is 13.0. The summed E-state index contributed by atoms with van der Waals surface area (Å²) < 4.78 is 11.9. The quantitative estimate of drug-likeness (QED) is 0.499. The van der Waals surface area contributed by atoms with Crippen LogP contribution in [0, 0.1) is 11.3 Å². The molecule has 10 nitrogen and oxygen atoms in total. The second-order valence-electron chi connectivity index (χ2n) is 12.4. The molecule has 220 valence electrons. The second-order valence-corrected chi connectivity index (χ2v) is 12.4. The molecule has 3 aliphatic heterocycles. The highest BCUT2D eigenvalue weighted by atomic mass is 16.6. The van der Waals surface area contributed by atoms with Crippen LogP contribution in [-0.4, -0.2) is 94.8 Å². The number of aromatic nitrogens is 2. The van der Waals surface area contributed by atoms with Crippen molar-refractivity contribution in [3.05, 3.63) is 47.2 Å². The fourth-order valence-corrected chi connectivity index (χ4v) is 5.99. The van der Waals surface area contributed by atoms with Gasteiger partial charge in [-0.15, -0.1) is 0 Å². The Bertz CT molecular complexity index is 1240. The number of nitriles is 1. The Kier molecular flexibility index (Phi) is 8.95. The molecule has 2 saturated heterocycles. The minimum absolute atomic E-state index is 0.227. The van der Waals surface area contributed by atoms with Gasteiger partial charge in [0.25, 0.3) is 0 Å². The predicted molar refractivity (Wildman–Crippen MR) is 157 cm³/mol. The van der Waals surface area contributed by atoms with E-state index in [4.69, 9.17) is 19.4 Å². The summed E-state index contributed by atoms with van der Waals surface area (Å²) >= 11 is 0. The van der Waals surface area contributed by atoms with Crippen molar-refractivity contribution in [3.8, 4) is 12.1 Å². The summed E-state index contributed by atoms with van der Waals surface area (Å²) in [6.45, 7) is 11.3. The Morgan fingerprint density at radius 2 is 1.90 bits per heavy atom. The zero-order valence-electron chi connectivity index (χ0n) is 24.9. The van der Waals surface area contributed by atoms with Crippen LogP contribution < -0.4 is 9.64 Å². The largest absolute Gasteiger partial charge is 0.462 e. The van der Waals surface area contributed by atoms with E-state index >= 15 is 0 Å². The van der Waals surface area contributed by atoms with E-state index < -0.39 is 5.60 Å². The number of rotatable bonds is 7. The molecule has 2 aromatic rings. The number of piperazine rings is 1. The van der Waals surface area contributed by atoms with E-state index in [1.807, 2.05) is 26.8 Å². The summed E-state index contributed by atoms with van der Waals surface area (Å²) in [6, 6.07) is 13.3. The van der Waals surface area contributed by atoms with Crippen molar-refractivity contribution in [2.75, 3.05) is 51.3 Å². The number of nitrogens with zero attached hydrogens (tertiary/aromatic N) is 7. The number of hydrogen-bond acceptors (Lipinski definition) is 9. The average molecular weight is 562 g/mol. The van der Waals surface area contributed by atoms with Crippen LogP contribution in [0.1, 0.15) is 56.9 Å². The van der Waals surface area contributed by atoms with Gasteiger partial charge in [-0.3, -0.25) is 4.90 Å². The van der Waals surface area contributed by atoms with Crippen LogP contribution in [0.2, 0.25) is 0 Å². The summed E-state index contributed by atoms with van der Waals surface area (Å²) in [4.78, 5) is 31.5. The molecule has 0 bridgehead atoms. The minimum atomic E-state index is -0.595. The zero-order valence-corrected chi connectivity index (χ0v) is 24.9. The van der Waals surface area contributed by atoms with Gasteiger partial charge in [-0.25, -0.2) is 4.79 Å². The summed E-state index contributed by atoms with van der Waals surface area (Å²) in [5.41, 5.74) is 2.82. The van der Waals surface area contributed by atoms with E-state index in [0.717, 1.165) is 56.1 Å². The van der Waals surface area contributed by atoms with Crippen molar-refractivity contribution in [3.63, 3.8) is 0 Å². The summed E-state index contributed by atoms with van der Waals surface area (Å²) in [6.07, 6.45) is 2.98. The van der Waals surface area contributed by atoms with Crippen molar-refractivity contribution in [2.45, 2.75) is 77.2 Å². The number of carbonyl (C=O) groups excluding carboxylic acids is 1. The van der Waals surface area contributed by atoms with Gasteiger partial charge in [-0.05, 0) is 59.2 Å². The van der Waals surface area contributed by atoms with Gasteiger partial charge in [-0.2, -0.15) is 15.2 Å². The molecule has 5 rings (SSSR count). The molecule has 4 heterocycles. The van der Waals surface area contributed by atoms with Gasteiger partial charge in [0.1, 0.15) is 18.0 Å². The van der Waals surface area contributed by atoms with Gasteiger partial charge in [0, 0.05) is 50.9 Å². The van der Waals surface area contributed by atoms with Gasteiger partial charge in [0.15, 0.2) is 0 Å². The van der Waals surface area contributed by atoms with Crippen molar-refractivity contribution < 1.29 is 14.3 Å². The third-order valence-electron chi connectivity index (χ3n) is 8.16. The van der Waals surface area contributed by atoms with Crippen LogP contribution in [-0.2, 0) is 24.2 Å². The van der Waals surface area contributed by atoms with Crippen LogP contribution in [0.15, 0.2) is 30.3 Å². The third-order valence-corrected chi connectivity index (χ3v) is 8.16. The molecular weight excluding hydrogens is 518 g/mol. The van der Waals surface area contributed by atoms with E-state index in [0.29, 0.717) is 38.3 Å². The Morgan fingerprint density at radius 1 is 1.10 bits per heavy atom. The van der Waals surface area contributed by atoms with Crippen molar-refractivity contribution >= 4 is 11.9 Å². The monoisotopic (exact) mass is 561 g/mol.